The van der Waals surface area contributed by atoms with Gasteiger partial charge in [0.2, 0.25) is 0 Å². The van der Waals surface area contributed by atoms with E-state index in [1.54, 1.807) is 13.8 Å². The van der Waals surface area contributed by atoms with Crippen molar-refractivity contribution in [1.29, 1.82) is 0 Å². The topological polar surface area (TPSA) is 35.5 Å². The molecule has 0 radical (unpaired) electrons. The third-order valence-electron chi connectivity index (χ3n) is 5.57. The molecule has 35 heavy (non-hydrogen) atoms. The summed E-state index contributed by atoms with van der Waals surface area (Å²) < 4.78 is 13.9. The second-order valence-electron chi connectivity index (χ2n) is 8.66. The highest BCUT2D eigenvalue weighted by Gasteiger charge is 2.23. The Morgan fingerprint density at radius 2 is 1.34 bits per heavy atom. The molecular weight excluding hydrogens is 452 g/mol. The van der Waals surface area contributed by atoms with Gasteiger partial charge in [-0.2, -0.15) is 0 Å². The molecule has 4 aromatic carbocycles. The van der Waals surface area contributed by atoms with E-state index < -0.39 is 11.6 Å². The number of ether oxygens (including phenoxy) is 2. The summed E-state index contributed by atoms with van der Waals surface area (Å²) in [6.45, 7) is 3.37. The Kier molecular flexibility index (Phi) is 6.27. The molecule has 0 unspecified atom stereocenters. The molecule has 1 heterocycles. The summed E-state index contributed by atoms with van der Waals surface area (Å²) in [6, 6.07) is 34.8. The van der Waals surface area contributed by atoms with E-state index in [2.05, 4.69) is 72.5 Å². The molecule has 0 aliphatic heterocycles. The van der Waals surface area contributed by atoms with E-state index in [0.717, 1.165) is 5.56 Å². The van der Waals surface area contributed by atoms with Crippen LogP contribution in [0.2, 0.25) is 0 Å². The van der Waals surface area contributed by atoms with Crippen molar-refractivity contribution < 1.29 is 14.3 Å². The van der Waals surface area contributed by atoms with E-state index in [0.29, 0.717) is 5.75 Å². The van der Waals surface area contributed by atoms with E-state index in [9.17, 15) is 4.79 Å². The molecule has 4 heteroatoms. The van der Waals surface area contributed by atoms with Crippen LogP contribution in [0, 0.1) is 11.8 Å². The Hall–Kier alpha value is -4.07. The van der Waals surface area contributed by atoms with Gasteiger partial charge in [0.15, 0.2) is 26.5 Å². The lowest BCUT2D eigenvalue weighted by molar-refractivity contribution is -0.154. The zero-order valence-corrected chi connectivity index (χ0v) is 20.5. The van der Waals surface area contributed by atoms with Crippen LogP contribution >= 0.6 is 10.5 Å². The Morgan fingerprint density at radius 3 is 1.97 bits per heavy atom. The minimum atomic E-state index is -0.912. The number of rotatable bonds is 5. The second kappa shape index (κ2) is 9.66. The molecule has 0 saturated carbocycles. The van der Waals surface area contributed by atoms with E-state index in [1.807, 2.05) is 42.5 Å². The molecule has 0 N–H and O–H groups in total. The molecule has 3 nitrogen and oxygen atoms in total. The van der Waals surface area contributed by atoms with Crippen molar-refractivity contribution >= 4 is 36.6 Å². The lowest BCUT2D eigenvalue weighted by Gasteiger charge is -2.18. The number of fused-ring (bicyclic) bond motifs is 3. The van der Waals surface area contributed by atoms with E-state index in [4.69, 9.17) is 9.47 Å². The molecule has 0 aliphatic carbocycles. The van der Waals surface area contributed by atoms with E-state index >= 15 is 0 Å². The number of thiophene rings is 1. The predicted molar refractivity (Wildman–Crippen MR) is 144 cm³/mol. The molecule has 0 saturated heterocycles. The first-order chi connectivity index (χ1) is 17.0. The maximum Gasteiger partial charge on any atom is 0.345 e. The lowest BCUT2D eigenvalue weighted by atomic mass is 10.1. The standard InChI is InChI=1S/C31H25O3S/c1-31(2,21-20-23-10-4-3-5-11-23)34-30(32)22-33-24-16-18-25(19-17-24)35-28-14-8-6-12-26(28)27-13-7-9-15-29(27)35/h3-19H,22H2,1-2H3/q+1. The van der Waals surface area contributed by atoms with Gasteiger partial charge < -0.3 is 9.47 Å². The molecule has 5 aromatic rings. The Labute approximate surface area is 207 Å². The average molecular weight is 478 g/mol. The summed E-state index contributed by atoms with van der Waals surface area (Å²) in [5, 5.41) is 2.60. The van der Waals surface area contributed by atoms with Crippen molar-refractivity contribution in [3.05, 3.63) is 109 Å². The summed E-state index contributed by atoms with van der Waals surface area (Å²) >= 11 is 0. The Morgan fingerprint density at radius 1 is 0.771 bits per heavy atom. The van der Waals surface area contributed by atoms with Crippen LogP contribution < -0.4 is 4.74 Å². The summed E-state index contributed by atoms with van der Waals surface area (Å²) in [6.07, 6.45) is 0. The van der Waals surface area contributed by atoms with Crippen molar-refractivity contribution in [2.75, 3.05) is 6.61 Å². The second-order valence-corrected chi connectivity index (χ2v) is 10.6. The van der Waals surface area contributed by atoms with Gasteiger partial charge in [0.25, 0.3) is 0 Å². The Bertz CT molecular complexity index is 1500. The fraction of sp³-hybridized carbons (Fsp3) is 0.129. The summed E-state index contributed by atoms with van der Waals surface area (Å²) in [7, 11) is -0.156. The summed E-state index contributed by atoms with van der Waals surface area (Å²) in [5.74, 6) is 6.23. The molecule has 0 spiro atoms. The SMILES string of the molecule is CC(C)(C#Cc1ccccc1)OC(=O)COc1ccc(-[s+]2c3ccccc3c3ccccc32)cc1. The smallest absolute Gasteiger partial charge is 0.345 e. The number of carbonyl (C=O) groups is 1. The van der Waals surface area contributed by atoms with Crippen molar-refractivity contribution in [2.24, 2.45) is 0 Å². The van der Waals surface area contributed by atoms with Crippen LogP contribution in [-0.4, -0.2) is 18.2 Å². The van der Waals surface area contributed by atoms with E-state index in [-0.39, 0.29) is 17.1 Å². The molecule has 0 aliphatic rings. The van der Waals surface area contributed by atoms with Crippen LogP contribution in [0.25, 0.3) is 25.1 Å². The summed E-state index contributed by atoms with van der Waals surface area (Å²) in [5.41, 5.74) is -0.0361. The monoisotopic (exact) mass is 477 g/mol. The van der Waals surface area contributed by atoms with Gasteiger partial charge in [-0.25, -0.2) is 4.79 Å². The first-order valence-corrected chi connectivity index (χ1v) is 12.7. The zero-order chi connectivity index (χ0) is 24.3. The molecule has 172 valence electrons. The van der Waals surface area contributed by atoms with Crippen molar-refractivity contribution in [3.63, 3.8) is 0 Å². The fourth-order valence-electron chi connectivity index (χ4n) is 4.00. The minimum Gasteiger partial charge on any atom is -0.482 e. The van der Waals surface area contributed by atoms with Crippen molar-refractivity contribution in [1.82, 2.24) is 0 Å². The quantitative estimate of drug-likeness (QED) is 0.149. The normalized spacial score (nSPS) is 11.1. The fourth-order valence-corrected chi connectivity index (χ4v) is 6.38. The van der Waals surface area contributed by atoms with Gasteiger partial charge in [-0.05, 0) is 62.4 Å². The average Bonchev–Trinajstić information content (AvgIpc) is 3.22. The number of hydrogen-bond acceptors (Lipinski definition) is 3. The van der Waals surface area contributed by atoms with Gasteiger partial charge in [-0.1, -0.05) is 54.3 Å². The molecular formula is C31H25O3S+. The largest absolute Gasteiger partial charge is 0.482 e. The third kappa shape index (κ3) is 5.06. The van der Waals surface area contributed by atoms with Crippen LogP contribution in [0.3, 0.4) is 0 Å². The van der Waals surface area contributed by atoms with Gasteiger partial charge in [-0.3, -0.25) is 0 Å². The highest BCUT2D eigenvalue weighted by Crippen LogP contribution is 2.48. The van der Waals surface area contributed by atoms with Crippen molar-refractivity contribution in [2.45, 2.75) is 19.4 Å². The van der Waals surface area contributed by atoms with Gasteiger partial charge in [0.1, 0.15) is 5.75 Å². The van der Waals surface area contributed by atoms with Crippen LogP contribution in [-0.2, 0) is 9.53 Å². The minimum absolute atomic E-state index is 0.156. The van der Waals surface area contributed by atoms with Crippen LogP contribution in [0.5, 0.6) is 5.75 Å². The molecule has 0 fully saturated rings. The van der Waals surface area contributed by atoms with Gasteiger partial charge in [0, 0.05) is 38.9 Å². The van der Waals surface area contributed by atoms with Gasteiger partial charge in [-0.15, -0.1) is 0 Å². The first kappa shape index (κ1) is 22.7. The highest BCUT2D eigenvalue weighted by molar-refractivity contribution is 7.50. The maximum absolute atomic E-state index is 12.4. The predicted octanol–water partition coefficient (Wildman–Crippen LogP) is 7.48. The zero-order valence-electron chi connectivity index (χ0n) is 19.7. The van der Waals surface area contributed by atoms with Gasteiger partial charge >= 0.3 is 5.97 Å². The lowest BCUT2D eigenvalue weighted by Crippen LogP contribution is -2.29. The van der Waals surface area contributed by atoms with Crippen molar-refractivity contribution in [3.8, 4) is 22.5 Å². The molecule has 0 amide bonds. The summed E-state index contributed by atoms with van der Waals surface area (Å²) in [4.78, 5) is 13.6. The Balaban J connectivity index is 1.27. The number of benzene rings is 4. The number of hydrogen-bond donors (Lipinski definition) is 0. The first-order valence-electron chi connectivity index (χ1n) is 11.5. The number of esters is 1. The van der Waals surface area contributed by atoms with Crippen LogP contribution in [0.4, 0.5) is 0 Å². The van der Waals surface area contributed by atoms with Crippen LogP contribution in [0.15, 0.2) is 103 Å². The molecule has 0 bridgehead atoms. The maximum atomic E-state index is 12.4. The van der Waals surface area contributed by atoms with Crippen LogP contribution in [0.1, 0.15) is 19.4 Å². The molecule has 0 atom stereocenters. The molecule has 1 aromatic heterocycles. The van der Waals surface area contributed by atoms with E-state index in [1.165, 1.54) is 25.1 Å². The van der Waals surface area contributed by atoms with Gasteiger partial charge in [0.05, 0.1) is 0 Å². The molecule has 5 rings (SSSR count). The highest BCUT2D eigenvalue weighted by atomic mass is 32.2. The third-order valence-corrected chi connectivity index (χ3v) is 7.91. The number of carbonyl (C=O) groups excluding carboxylic acids is 1.